The molecule has 0 bridgehead atoms. The lowest BCUT2D eigenvalue weighted by atomic mass is 9.83. The average Bonchev–Trinajstić information content (AvgIpc) is 3.66. The van der Waals surface area contributed by atoms with E-state index in [2.05, 4.69) is 42.6 Å². The van der Waals surface area contributed by atoms with Gasteiger partial charge in [-0.15, -0.1) is 10.2 Å². The van der Waals surface area contributed by atoms with Crippen LogP contribution in [0.3, 0.4) is 0 Å². The van der Waals surface area contributed by atoms with Crippen molar-refractivity contribution in [3.05, 3.63) is 83.5 Å². The number of H-pyrrole nitrogens is 2. The maximum absolute atomic E-state index is 13.4. The molecule has 9 nitrogen and oxygen atoms in total. The summed E-state index contributed by atoms with van der Waals surface area (Å²) in [6.07, 6.45) is 3.58. The third-order valence-electron chi connectivity index (χ3n) is 6.95. The van der Waals surface area contributed by atoms with Crippen molar-refractivity contribution >= 4 is 10.9 Å². The molecular weight excluding hydrogens is 485 g/mol. The quantitative estimate of drug-likeness (QED) is 0.293. The van der Waals surface area contributed by atoms with Gasteiger partial charge in [-0.1, -0.05) is 39.0 Å². The molecule has 2 atom stereocenters. The minimum Gasteiger partial charge on any atom is -0.422 e. The second kappa shape index (κ2) is 9.14. The molecule has 0 radical (unpaired) electrons. The van der Waals surface area contributed by atoms with Crippen LogP contribution in [-0.4, -0.2) is 43.3 Å². The number of aromatic nitrogens is 6. The maximum atomic E-state index is 13.4. The SMILES string of the molecule is CCOCC1(c2nnc(C(C)(C)C)o2)N[C@@H](c2ncc(-c3ccc(F)cn3)[nH]2)Cc2c1[nH]c1ccccc21. The standard InChI is InChI=1S/C28H30FN7O2/c1-5-37-15-28(26-36-35-25(38-26)27(2,3)4)23-18(17-8-6-7-9-19(17)32-23)12-21(34-28)24-31-14-22(33-24)20-11-10-16(29)13-30-20/h6-11,13-14,21,32,34H,5,12,15H2,1-4H3,(H,31,33)/t21-,28?/m1/s1. The van der Waals surface area contributed by atoms with E-state index in [4.69, 9.17) is 14.1 Å². The molecule has 3 N–H and O–H groups in total. The van der Waals surface area contributed by atoms with Crippen LogP contribution >= 0.6 is 0 Å². The summed E-state index contributed by atoms with van der Waals surface area (Å²) in [7, 11) is 0. The fraction of sp³-hybridized carbons (Fsp3) is 0.357. The van der Waals surface area contributed by atoms with Crippen LogP contribution in [0.15, 0.2) is 53.2 Å². The van der Waals surface area contributed by atoms with Gasteiger partial charge in [0.05, 0.1) is 42.1 Å². The normalized spacial score (nSPS) is 19.7. The Morgan fingerprint density at radius 3 is 2.66 bits per heavy atom. The average molecular weight is 516 g/mol. The fourth-order valence-corrected chi connectivity index (χ4v) is 5.04. The van der Waals surface area contributed by atoms with Crippen LogP contribution in [0.4, 0.5) is 4.39 Å². The highest BCUT2D eigenvalue weighted by Gasteiger charge is 2.49. The molecule has 10 heteroatoms. The summed E-state index contributed by atoms with van der Waals surface area (Å²) in [5, 5.41) is 13.8. The number of benzene rings is 1. The van der Waals surface area contributed by atoms with E-state index >= 15 is 0 Å². The molecule has 5 aromatic rings. The van der Waals surface area contributed by atoms with E-state index in [1.165, 1.54) is 12.3 Å². The Hall–Kier alpha value is -3.89. The molecule has 1 aliphatic heterocycles. The zero-order valence-corrected chi connectivity index (χ0v) is 21.8. The predicted octanol–water partition coefficient (Wildman–Crippen LogP) is 4.94. The van der Waals surface area contributed by atoms with E-state index in [0.717, 1.165) is 28.0 Å². The number of nitrogens with zero attached hydrogens (tertiary/aromatic N) is 4. The zero-order chi connectivity index (χ0) is 26.5. The molecular formula is C28H30FN7O2. The van der Waals surface area contributed by atoms with Crippen LogP contribution in [-0.2, 0) is 22.1 Å². The van der Waals surface area contributed by atoms with Crippen LogP contribution in [0.5, 0.6) is 0 Å². The van der Waals surface area contributed by atoms with Crippen molar-refractivity contribution in [3.63, 3.8) is 0 Å². The summed E-state index contributed by atoms with van der Waals surface area (Å²) in [6.45, 7) is 8.88. The second-order valence-corrected chi connectivity index (χ2v) is 10.7. The number of imidazole rings is 1. The number of nitrogens with one attached hydrogen (secondary N) is 3. The van der Waals surface area contributed by atoms with E-state index in [1.807, 2.05) is 39.8 Å². The number of hydrogen-bond acceptors (Lipinski definition) is 7. The van der Waals surface area contributed by atoms with Crippen molar-refractivity contribution in [1.29, 1.82) is 0 Å². The van der Waals surface area contributed by atoms with E-state index < -0.39 is 5.54 Å². The molecule has 1 aromatic carbocycles. The van der Waals surface area contributed by atoms with Crippen LogP contribution in [0, 0.1) is 5.82 Å². The first-order valence-corrected chi connectivity index (χ1v) is 12.8. The van der Waals surface area contributed by atoms with Gasteiger partial charge in [0, 0.05) is 22.9 Å². The Bertz CT molecular complexity index is 1580. The summed E-state index contributed by atoms with van der Waals surface area (Å²) in [5.41, 5.74) is 3.16. The van der Waals surface area contributed by atoms with Crippen molar-refractivity contribution in [2.75, 3.05) is 13.2 Å². The molecule has 0 spiro atoms. The van der Waals surface area contributed by atoms with Crippen molar-refractivity contribution in [2.45, 2.75) is 51.1 Å². The van der Waals surface area contributed by atoms with Gasteiger partial charge in [-0.3, -0.25) is 10.3 Å². The Morgan fingerprint density at radius 1 is 1.08 bits per heavy atom. The smallest absolute Gasteiger partial charge is 0.245 e. The molecule has 0 saturated carbocycles. The Labute approximate surface area is 219 Å². The number of aromatic amines is 2. The highest BCUT2D eigenvalue weighted by atomic mass is 19.1. The topological polar surface area (TPSA) is 118 Å². The number of fused-ring (bicyclic) bond motifs is 3. The van der Waals surface area contributed by atoms with Crippen LogP contribution in [0.25, 0.3) is 22.3 Å². The molecule has 0 aliphatic carbocycles. The fourth-order valence-electron chi connectivity index (χ4n) is 5.04. The second-order valence-electron chi connectivity index (χ2n) is 10.7. The lowest BCUT2D eigenvalue weighted by Gasteiger charge is -2.39. The highest BCUT2D eigenvalue weighted by molar-refractivity contribution is 5.85. The number of para-hydroxylation sites is 1. The third kappa shape index (κ3) is 4.10. The molecule has 1 aliphatic rings. The first-order valence-electron chi connectivity index (χ1n) is 12.8. The van der Waals surface area contributed by atoms with Crippen LogP contribution in [0.2, 0.25) is 0 Å². The van der Waals surface area contributed by atoms with Gasteiger partial charge < -0.3 is 19.1 Å². The number of hydrogen-bond donors (Lipinski definition) is 3. The van der Waals surface area contributed by atoms with Crippen molar-refractivity contribution < 1.29 is 13.5 Å². The Balaban J connectivity index is 1.50. The lowest BCUT2D eigenvalue weighted by molar-refractivity contribution is 0.0650. The van der Waals surface area contributed by atoms with Crippen molar-refractivity contribution in [2.24, 2.45) is 0 Å². The molecule has 38 heavy (non-hydrogen) atoms. The molecule has 6 rings (SSSR count). The molecule has 196 valence electrons. The van der Waals surface area contributed by atoms with E-state index in [0.29, 0.717) is 36.2 Å². The number of ether oxygens (including phenoxy) is 1. The largest absolute Gasteiger partial charge is 0.422 e. The van der Waals surface area contributed by atoms with E-state index in [1.54, 1.807) is 12.3 Å². The highest BCUT2D eigenvalue weighted by Crippen LogP contribution is 2.43. The molecule has 4 aromatic heterocycles. The maximum Gasteiger partial charge on any atom is 0.245 e. The van der Waals surface area contributed by atoms with Gasteiger partial charge in [-0.25, -0.2) is 9.37 Å². The van der Waals surface area contributed by atoms with Gasteiger partial charge in [-0.2, -0.15) is 0 Å². The summed E-state index contributed by atoms with van der Waals surface area (Å²) in [4.78, 5) is 15.9. The van der Waals surface area contributed by atoms with Gasteiger partial charge in [0.2, 0.25) is 11.8 Å². The molecule has 5 heterocycles. The van der Waals surface area contributed by atoms with Gasteiger partial charge in [0.1, 0.15) is 11.6 Å². The summed E-state index contributed by atoms with van der Waals surface area (Å²) < 4.78 is 25.8. The summed E-state index contributed by atoms with van der Waals surface area (Å²) in [6, 6.07) is 11.0. The molecule has 0 fully saturated rings. The molecule has 0 amide bonds. The Kier molecular flexibility index (Phi) is 5.88. The molecule has 0 saturated heterocycles. The molecule has 1 unspecified atom stereocenters. The minimum atomic E-state index is -0.940. The van der Waals surface area contributed by atoms with Crippen LogP contribution in [0.1, 0.15) is 62.6 Å². The van der Waals surface area contributed by atoms with Crippen LogP contribution < -0.4 is 5.32 Å². The van der Waals surface area contributed by atoms with E-state index in [-0.39, 0.29) is 23.9 Å². The van der Waals surface area contributed by atoms with Crippen molar-refractivity contribution in [3.8, 4) is 11.4 Å². The summed E-state index contributed by atoms with van der Waals surface area (Å²) >= 11 is 0. The van der Waals surface area contributed by atoms with E-state index in [9.17, 15) is 4.39 Å². The zero-order valence-electron chi connectivity index (χ0n) is 21.8. The van der Waals surface area contributed by atoms with Gasteiger partial charge in [0.15, 0.2) is 5.54 Å². The minimum absolute atomic E-state index is 0.235. The summed E-state index contributed by atoms with van der Waals surface area (Å²) in [5.74, 6) is 1.32. The predicted molar refractivity (Wildman–Crippen MR) is 140 cm³/mol. The monoisotopic (exact) mass is 515 g/mol. The first-order chi connectivity index (χ1) is 18.3. The number of rotatable bonds is 6. The lowest BCUT2D eigenvalue weighted by Crippen LogP contribution is -2.53. The van der Waals surface area contributed by atoms with Gasteiger partial charge in [-0.05, 0) is 37.1 Å². The first kappa shape index (κ1) is 24.4. The number of pyridine rings is 1. The van der Waals surface area contributed by atoms with Gasteiger partial charge in [0.25, 0.3) is 0 Å². The third-order valence-corrected chi connectivity index (χ3v) is 6.95. The van der Waals surface area contributed by atoms with Gasteiger partial charge >= 0.3 is 0 Å². The Morgan fingerprint density at radius 2 is 1.92 bits per heavy atom. The van der Waals surface area contributed by atoms with Crippen molar-refractivity contribution in [1.82, 2.24) is 35.5 Å². The number of halogens is 1.